The largest absolute Gasteiger partial charge is 0.313 e. The summed E-state index contributed by atoms with van der Waals surface area (Å²) in [4.78, 5) is 0. The van der Waals surface area contributed by atoms with Crippen LogP contribution in [0.2, 0.25) is 0 Å². The topological polar surface area (TPSA) is 12.0 Å². The van der Waals surface area contributed by atoms with Gasteiger partial charge in [0, 0.05) is 13.0 Å². The Morgan fingerprint density at radius 3 is 3.00 bits per heavy atom. The van der Waals surface area contributed by atoms with Crippen molar-refractivity contribution in [2.75, 3.05) is 6.54 Å². The van der Waals surface area contributed by atoms with E-state index in [1.807, 2.05) is 6.92 Å². The summed E-state index contributed by atoms with van der Waals surface area (Å²) in [5, 5.41) is 3.24. The van der Waals surface area contributed by atoms with E-state index in [2.05, 4.69) is 11.2 Å². The number of hydrogen-bond acceptors (Lipinski definition) is 1. The molecule has 0 aliphatic heterocycles. The Morgan fingerprint density at radius 1 is 1.47 bits per heavy atom. The predicted molar refractivity (Wildman–Crippen MR) is 60.9 cm³/mol. The second-order valence-corrected chi connectivity index (χ2v) is 3.56. The van der Waals surface area contributed by atoms with E-state index in [1.54, 1.807) is 12.1 Å². The molecule has 0 bridgehead atoms. The number of rotatable bonds is 5. The summed E-state index contributed by atoms with van der Waals surface area (Å²) < 4.78 is 12.9. The van der Waals surface area contributed by atoms with Gasteiger partial charge in [0.1, 0.15) is 5.82 Å². The average Bonchev–Trinajstić information content (AvgIpc) is 2.23. The zero-order chi connectivity index (χ0) is 11.1. The van der Waals surface area contributed by atoms with Crippen LogP contribution in [0.3, 0.4) is 0 Å². The van der Waals surface area contributed by atoms with Gasteiger partial charge in [-0.3, -0.25) is 0 Å². The smallest absolute Gasteiger partial charge is 0.123 e. The average molecular weight is 205 g/mol. The fourth-order valence-corrected chi connectivity index (χ4v) is 1.37. The molecule has 1 N–H and O–H groups in total. The molecule has 0 spiro atoms. The first-order valence-electron chi connectivity index (χ1n) is 5.13. The van der Waals surface area contributed by atoms with Crippen LogP contribution in [0.15, 0.2) is 18.2 Å². The summed E-state index contributed by atoms with van der Waals surface area (Å²) in [6, 6.07) is 4.86. The molecule has 0 aromatic heterocycles. The van der Waals surface area contributed by atoms with Crippen molar-refractivity contribution in [3.63, 3.8) is 0 Å². The standard InChI is InChI=1S/C13H16FN/c1-3-4-5-8-15-10-12-9-13(14)7-6-11(12)2/h1,6-7,9,15H,4-5,8,10H2,2H3. The van der Waals surface area contributed by atoms with Gasteiger partial charge in [-0.25, -0.2) is 4.39 Å². The Kier molecular flexibility index (Phi) is 4.86. The van der Waals surface area contributed by atoms with Crippen molar-refractivity contribution in [1.29, 1.82) is 0 Å². The summed E-state index contributed by atoms with van der Waals surface area (Å²) in [6.45, 7) is 3.56. The molecule has 0 atom stereocenters. The predicted octanol–water partition coefficient (Wildman–Crippen LogP) is 2.64. The number of benzene rings is 1. The van der Waals surface area contributed by atoms with Crippen molar-refractivity contribution in [2.45, 2.75) is 26.3 Å². The zero-order valence-electron chi connectivity index (χ0n) is 9.02. The molecule has 0 unspecified atom stereocenters. The quantitative estimate of drug-likeness (QED) is 0.575. The van der Waals surface area contributed by atoms with E-state index in [1.165, 1.54) is 6.07 Å². The van der Waals surface area contributed by atoms with Gasteiger partial charge in [0.25, 0.3) is 0 Å². The molecule has 1 aromatic carbocycles. The van der Waals surface area contributed by atoms with Crippen LogP contribution >= 0.6 is 0 Å². The first kappa shape index (κ1) is 11.7. The molecule has 2 heteroatoms. The summed E-state index contributed by atoms with van der Waals surface area (Å²) in [5.41, 5.74) is 2.12. The third-order valence-electron chi connectivity index (χ3n) is 2.30. The van der Waals surface area contributed by atoms with E-state index in [0.717, 1.165) is 30.5 Å². The Labute approximate surface area is 90.7 Å². The molecular formula is C13H16FN. The van der Waals surface area contributed by atoms with E-state index in [-0.39, 0.29) is 5.82 Å². The molecule has 80 valence electrons. The number of aryl methyl sites for hydroxylation is 1. The van der Waals surface area contributed by atoms with Gasteiger partial charge in [-0.05, 0) is 43.1 Å². The minimum absolute atomic E-state index is 0.180. The normalized spacial score (nSPS) is 9.93. The first-order valence-corrected chi connectivity index (χ1v) is 5.13. The van der Waals surface area contributed by atoms with Crippen molar-refractivity contribution in [3.05, 3.63) is 35.1 Å². The molecule has 1 aromatic rings. The van der Waals surface area contributed by atoms with Crippen LogP contribution in [0.1, 0.15) is 24.0 Å². The van der Waals surface area contributed by atoms with Crippen LogP contribution in [-0.2, 0) is 6.54 Å². The second-order valence-electron chi connectivity index (χ2n) is 3.56. The van der Waals surface area contributed by atoms with E-state index in [9.17, 15) is 4.39 Å². The molecule has 0 fully saturated rings. The summed E-state index contributed by atoms with van der Waals surface area (Å²) in [5.74, 6) is 2.41. The van der Waals surface area contributed by atoms with Gasteiger partial charge >= 0.3 is 0 Å². The number of unbranched alkanes of at least 4 members (excludes halogenated alkanes) is 1. The molecule has 0 aliphatic carbocycles. The lowest BCUT2D eigenvalue weighted by Crippen LogP contribution is -2.15. The number of terminal acetylenes is 1. The van der Waals surface area contributed by atoms with Crippen LogP contribution < -0.4 is 5.32 Å². The van der Waals surface area contributed by atoms with Gasteiger partial charge < -0.3 is 5.32 Å². The summed E-state index contributed by atoms with van der Waals surface area (Å²) >= 11 is 0. The lowest BCUT2D eigenvalue weighted by molar-refractivity contribution is 0.616. The molecule has 0 aliphatic rings. The summed E-state index contributed by atoms with van der Waals surface area (Å²) in [6.07, 6.45) is 6.89. The van der Waals surface area contributed by atoms with Crippen LogP contribution in [0.4, 0.5) is 4.39 Å². The second kappa shape index (κ2) is 6.21. The van der Waals surface area contributed by atoms with Crippen molar-refractivity contribution in [3.8, 4) is 12.3 Å². The first-order chi connectivity index (χ1) is 7.24. The van der Waals surface area contributed by atoms with Crippen LogP contribution in [0, 0.1) is 25.1 Å². The highest BCUT2D eigenvalue weighted by atomic mass is 19.1. The highest BCUT2D eigenvalue weighted by molar-refractivity contribution is 5.26. The van der Waals surface area contributed by atoms with Crippen LogP contribution in [0.25, 0.3) is 0 Å². The van der Waals surface area contributed by atoms with Crippen LogP contribution in [0.5, 0.6) is 0 Å². The molecule has 1 rings (SSSR count). The SMILES string of the molecule is C#CCCCNCc1cc(F)ccc1C. The van der Waals surface area contributed by atoms with E-state index >= 15 is 0 Å². The minimum atomic E-state index is -0.180. The molecule has 0 saturated carbocycles. The van der Waals surface area contributed by atoms with Crippen molar-refractivity contribution >= 4 is 0 Å². The molecule has 0 heterocycles. The fraction of sp³-hybridized carbons (Fsp3) is 0.385. The molecule has 1 nitrogen and oxygen atoms in total. The lowest BCUT2D eigenvalue weighted by Gasteiger charge is -2.07. The van der Waals surface area contributed by atoms with E-state index in [0.29, 0.717) is 6.54 Å². The lowest BCUT2D eigenvalue weighted by atomic mass is 10.1. The molecule has 0 saturated heterocycles. The van der Waals surface area contributed by atoms with Gasteiger partial charge in [0.2, 0.25) is 0 Å². The molecule has 0 radical (unpaired) electrons. The monoisotopic (exact) mass is 205 g/mol. The van der Waals surface area contributed by atoms with Gasteiger partial charge in [0.15, 0.2) is 0 Å². The summed E-state index contributed by atoms with van der Waals surface area (Å²) in [7, 11) is 0. The Hall–Kier alpha value is -1.33. The third-order valence-corrected chi connectivity index (χ3v) is 2.30. The molecule has 0 amide bonds. The van der Waals surface area contributed by atoms with Gasteiger partial charge in [-0.2, -0.15) is 0 Å². The molecular weight excluding hydrogens is 189 g/mol. The van der Waals surface area contributed by atoms with E-state index < -0.39 is 0 Å². The number of hydrogen-bond donors (Lipinski definition) is 1. The van der Waals surface area contributed by atoms with E-state index in [4.69, 9.17) is 6.42 Å². The Bertz CT molecular complexity index is 352. The highest BCUT2D eigenvalue weighted by Crippen LogP contribution is 2.09. The van der Waals surface area contributed by atoms with Gasteiger partial charge in [-0.1, -0.05) is 6.07 Å². The van der Waals surface area contributed by atoms with Crippen molar-refractivity contribution in [1.82, 2.24) is 5.32 Å². The Balaban J connectivity index is 2.37. The van der Waals surface area contributed by atoms with Crippen LogP contribution in [-0.4, -0.2) is 6.54 Å². The molecule has 15 heavy (non-hydrogen) atoms. The maximum absolute atomic E-state index is 12.9. The maximum atomic E-state index is 12.9. The van der Waals surface area contributed by atoms with Crippen molar-refractivity contribution < 1.29 is 4.39 Å². The zero-order valence-corrected chi connectivity index (χ0v) is 9.02. The fourth-order valence-electron chi connectivity index (χ4n) is 1.37. The van der Waals surface area contributed by atoms with Crippen molar-refractivity contribution in [2.24, 2.45) is 0 Å². The number of nitrogens with one attached hydrogen (secondary N) is 1. The Morgan fingerprint density at radius 2 is 2.27 bits per heavy atom. The maximum Gasteiger partial charge on any atom is 0.123 e. The van der Waals surface area contributed by atoms with Gasteiger partial charge in [-0.15, -0.1) is 12.3 Å². The van der Waals surface area contributed by atoms with Gasteiger partial charge in [0.05, 0.1) is 0 Å². The highest BCUT2D eigenvalue weighted by Gasteiger charge is 1.99. The third kappa shape index (κ3) is 4.14. The minimum Gasteiger partial charge on any atom is -0.313 e. The number of halogens is 1.